The summed E-state index contributed by atoms with van der Waals surface area (Å²) in [4.78, 5) is 11.2. The molecule has 102 valence electrons. The minimum atomic E-state index is -0.405. The number of methoxy groups -OCH3 is 1. The van der Waals surface area contributed by atoms with E-state index in [0.29, 0.717) is 16.5 Å². The first-order valence-corrected chi connectivity index (χ1v) is 6.66. The molecule has 1 aromatic carbocycles. The normalized spacial score (nSPS) is 10.0. The summed E-state index contributed by atoms with van der Waals surface area (Å²) in [5.41, 5.74) is 1.66. The number of nitriles is 1. The summed E-state index contributed by atoms with van der Waals surface area (Å²) < 4.78 is 5.96. The van der Waals surface area contributed by atoms with E-state index >= 15 is 0 Å². The summed E-state index contributed by atoms with van der Waals surface area (Å²) in [6.45, 7) is -0.0147. The van der Waals surface area contributed by atoms with E-state index in [2.05, 4.69) is 26.3 Å². The molecular formula is C12H11N5O2S. The molecule has 0 amide bonds. The average Bonchev–Trinajstić information content (AvgIpc) is 2.92. The molecule has 20 heavy (non-hydrogen) atoms. The van der Waals surface area contributed by atoms with Gasteiger partial charge in [0, 0.05) is 5.75 Å². The lowest BCUT2D eigenvalue weighted by atomic mass is 10.2. The highest BCUT2D eigenvalue weighted by Gasteiger charge is 2.11. The number of esters is 1. The van der Waals surface area contributed by atoms with E-state index in [9.17, 15) is 4.79 Å². The molecule has 0 saturated carbocycles. The number of aromatic nitrogens is 4. The van der Waals surface area contributed by atoms with E-state index in [4.69, 9.17) is 5.26 Å². The van der Waals surface area contributed by atoms with Crippen molar-refractivity contribution in [3.05, 3.63) is 35.4 Å². The van der Waals surface area contributed by atoms with Crippen molar-refractivity contribution >= 4 is 17.7 Å². The minimum absolute atomic E-state index is 0.0147. The standard InChI is InChI=1S/C12H11N5O2S/c1-19-11(18)7-17-12(14-15-16-17)20-8-10-4-2-9(6-13)3-5-10/h2-5H,7-8H2,1H3. The van der Waals surface area contributed by atoms with Crippen LogP contribution in [0, 0.1) is 11.3 Å². The van der Waals surface area contributed by atoms with Gasteiger partial charge in [-0.1, -0.05) is 23.9 Å². The molecule has 7 nitrogen and oxygen atoms in total. The summed E-state index contributed by atoms with van der Waals surface area (Å²) >= 11 is 1.41. The number of hydrogen-bond acceptors (Lipinski definition) is 7. The van der Waals surface area contributed by atoms with Gasteiger partial charge in [0.25, 0.3) is 0 Å². The van der Waals surface area contributed by atoms with Crippen LogP contribution in [0.25, 0.3) is 0 Å². The first-order valence-electron chi connectivity index (χ1n) is 5.67. The van der Waals surface area contributed by atoms with Crippen LogP contribution in [0.4, 0.5) is 0 Å². The van der Waals surface area contributed by atoms with Crippen LogP contribution >= 0.6 is 11.8 Å². The second kappa shape index (κ2) is 6.68. The Kier molecular flexibility index (Phi) is 4.68. The maximum absolute atomic E-state index is 11.2. The van der Waals surface area contributed by atoms with Crippen LogP contribution < -0.4 is 0 Å². The van der Waals surface area contributed by atoms with Crippen molar-refractivity contribution in [3.63, 3.8) is 0 Å². The first kappa shape index (κ1) is 14.0. The summed E-state index contributed by atoms with van der Waals surface area (Å²) in [6.07, 6.45) is 0. The predicted molar refractivity (Wildman–Crippen MR) is 70.6 cm³/mol. The topological polar surface area (TPSA) is 93.7 Å². The third-order valence-electron chi connectivity index (χ3n) is 2.46. The van der Waals surface area contributed by atoms with Crippen LogP contribution in [0.15, 0.2) is 29.4 Å². The molecule has 0 saturated heterocycles. The lowest BCUT2D eigenvalue weighted by molar-refractivity contribution is -0.141. The number of ether oxygens (including phenoxy) is 1. The Labute approximate surface area is 119 Å². The van der Waals surface area contributed by atoms with Gasteiger partial charge in [0.2, 0.25) is 5.16 Å². The highest BCUT2D eigenvalue weighted by atomic mass is 32.2. The molecule has 0 bridgehead atoms. The van der Waals surface area contributed by atoms with Crippen molar-refractivity contribution in [3.8, 4) is 6.07 Å². The van der Waals surface area contributed by atoms with Gasteiger partial charge in [-0.25, -0.2) is 4.68 Å². The molecule has 2 aromatic rings. The fourth-order valence-corrected chi connectivity index (χ4v) is 2.24. The number of tetrazole rings is 1. The predicted octanol–water partition coefficient (Wildman–Crippen LogP) is 1.01. The Hall–Kier alpha value is -2.40. The molecule has 0 aliphatic carbocycles. The van der Waals surface area contributed by atoms with Crippen LogP contribution in [0.1, 0.15) is 11.1 Å². The van der Waals surface area contributed by atoms with Crippen LogP contribution in [-0.4, -0.2) is 33.3 Å². The lowest BCUT2D eigenvalue weighted by Gasteiger charge is -2.03. The molecule has 1 aromatic heterocycles. The number of hydrogen-bond donors (Lipinski definition) is 0. The second-order valence-corrected chi connectivity index (χ2v) is 4.74. The van der Waals surface area contributed by atoms with Crippen molar-refractivity contribution in [1.29, 1.82) is 5.26 Å². The van der Waals surface area contributed by atoms with Gasteiger partial charge in [-0.3, -0.25) is 4.79 Å². The zero-order valence-electron chi connectivity index (χ0n) is 10.7. The third-order valence-corrected chi connectivity index (χ3v) is 3.48. The molecule has 8 heteroatoms. The van der Waals surface area contributed by atoms with Crippen molar-refractivity contribution in [2.45, 2.75) is 17.5 Å². The van der Waals surface area contributed by atoms with Gasteiger partial charge in [0.1, 0.15) is 6.54 Å². The molecule has 0 fully saturated rings. The van der Waals surface area contributed by atoms with Crippen LogP contribution in [0.5, 0.6) is 0 Å². The quantitative estimate of drug-likeness (QED) is 0.599. The average molecular weight is 289 g/mol. The Morgan fingerprint density at radius 2 is 2.20 bits per heavy atom. The lowest BCUT2D eigenvalue weighted by Crippen LogP contribution is -2.13. The fourth-order valence-electron chi connectivity index (χ4n) is 1.41. The minimum Gasteiger partial charge on any atom is -0.468 e. The van der Waals surface area contributed by atoms with Gasteiger partial charge >= 0.3 is 5.97 Å². The molecule has 0 aliphatic rings. The summed E-state index contributed by atoms with van der Waals surface area (Å²) in [7, 11) is 1.32. The van der Waals surface area contributed by atoms with Crippen molar-refractivity contribution in [1.82, 2.24) is 20.2 Å². The molecule has 0 radical (unpaired) electrons. The van der Waals surface area contributed by atoms with E-state index in [1.165, 1.54) is 23.6 Å². The Morgan fingerprint density at radius 1 is 1.45 bits per heavy atom. The zero-order valence-corrected chi connectivity index (χ0v) is 11.5. The summed E-state index contributed by atoms with van der Waals surface area (Å²) in [5, 5.41) is 20.4. The molecule has 0 spiro atoms. The highest BCUT2D eigenvalue weighted by Crippen LogP contribution is 2.20. The first-order chi connectivity index (χ1) is 9.72. The molecule has 1 heterocycles. The van der Waals surface area contributed by atoms with E-state index in [1.54, 1.807) is 12.1 Å². The number of nitrogens with zero attached hydrogens (tertiary/aromatic N) is 5. The summed E-state index contributed by atoms with van der Waals surface area (Å²) in [5.74, 6) is 0.241. The van der Waals surface area contributed by atoms with E-state index in [1.807, 2.05) is 12.1 Å². The molecular weight excluding hydrogens is 278 g/mol. The largest absolute Gasteiger partial charge is 0.468 e. The third kappa shape index (κ3) is 3.55. The van der Waals surface area contributed by atoms with Gasteiger partial charge in [-0.2, -0.15) is 5.26 Å². The van der Waals surface area contributed by atoms with E-state index in [0.717, 1.165) is 5.56 Å². The van der Waals surface area contributed by atoms with Crippen molar-refractivity contribution in [2.75, 3.05) is 7.11 Å². The van der Waals surface area contributed by atoms with Gasteiger partial charge in [0.05, 0.1) is 18.7 Å². The Morgan fingerprint density at radius 3 is 2.85 bits per heavy atom. The van der Waals surface area contributed by atoms with E-state index in [-0.39, 0.29) is 6.54 Å². The van der Waals surface area contributed by atoms with Crippen molar-refractivity contribution < 1.29 is 9.53 Å². The Bertz CT molecular complexity index is 632. The number of thioether (sulfide) groups is 1. The van der Waals surface area contributed by atoms with Gasteiger partial charge in [-0.05, 0) is 28.1 Å². The highest BCUT2D eigenvalue weighted by molar-refractivity contribution is 7.98. The molecule has 0 aliphatic heterocycles. The smallest absolute Gasteiger partial charge is 0.327 e. The maximum atomic E-state index is 11.2. The van der Waals surface area contributed by atoms with E-state index < -0.39 is 5.97 Å². The van der Waals surface area contributed by atoms with Gasteiger partial charge in [0.15, 0.2) is 0 Å². The fraction of sp³-hybridized carbons (Fsp3) is 0.250. The number of carbonyl (C=O) groups is 1. The molecule has 0 N–H and O–H groups in total. The SMILES string of the molecule is COC(=O)Cn1nnnc1SCc1ccc(C#N)cc1. The maximum Gasteiger partial charge on any atom is 0.327 e. The number of carbonyl (C=O) groups excluding carboxylic acids is 1. The van der Waals surface area contributed by atoms with Gasteiger partial charge < -0.3 is 4.74 Å². The molecule has 0 atom stereocenters. The monoisotopic (exact) mass is 289 g/mol. The number of rotatable bonds is 5. The van der Waals surface area contributed by atoms with Crippen LogP contribution in [0.2, 0.25) is 0 Å². The van der Waals surface area contributed by atoms with Crippen molar-refractivity contribution in [2.24, 2.45) is 0 Å². The van der Waals surface area contributed by atoms with Gasteiger partial charge in [-0.15, -0.1) is 5.10 Å². The van der Waals surface area contributed by atoms with Crippen LogP contribution in [0.3, 0.4) is 0 Å². The second-order valence-electron chi connectivity index (χ2n) is 3.79. The van der Waals surface area contributed by atoms with Crippen LogP contribution in [-0.2, 0) is 21.8 Å². The zero-order chi connectivity index (χ0) is 14.4. The number of benzene rings is 1. The molecule has 2 rings (SSSR count). The Balaban J connectivity index is 1.98. The molecule has 0 unspecified atom stereocenters. The summed E-state index contributed by atoms with van der Waals surface area (Å²) in [6, 6.07) is 9.33.